The molecule has 0 N–H and O–H groups in total. The van der Waals surface area contributed by atoms with E-state index in [0.717, 1.165) is 18.0 Å². The number of thioether (sulfide) groups is 1. The quantitative estimate of drug-likeness (QED) is 0.456. The molecule has 0 aliphatic carbocycles. The van der Waals surface area contributed by atoms with Crippen molar-refractivity contribution in [1.82, 2.24) is 4.90 Å². The lowest BCUT2D eigenvalue weighted by Crippen LogP contribution is -2.27. The Morgan fingerprint density at radius 1 is 1.45 bits per heavy atom. The van der Waals surface area contributed by atoms with Crippen LogP contribution in [-0.4, -0.2) is 36.3 Å². The summed E-state index contributed by atoms with van der Waals surface area (Å²) in [5, 5.41) is 0.401. The van der Waals surface area contributed by atoms with Crippen LogP contribution in [0, 0.1) is 0 Å². The van der Waals surface area contributed by atoms with E-state index in [0.29, 0.717) is 26.4 Å². The Morgan fingerprint density at radius 2 is 2.14 bits per heavy atom. The van der Waals surface area contributed by atoms with Crippen molar-refractivity contribution in [2.24, 2.45) is 0 Å². The van der Waals surface area contributed by atoms with E-state index in [1.807, 2.05) is 6.92 Å². The first-order valence-electron chi connectivity index (χ1n) is 6.15. The van der Waals surface area contributed by atoms with Crippen LogP contribution < -0.4 is 4.18 Å². The summed E-state index contributed by atoms with van der Waals surface area (Å²) in [7, 11) is -3.69. The smallest absolute Gasteiger partial charge is 0.306 e. The van der Waals surface area contributed by atoms with E-state index >= 15 is 0 Å². The average molecular weight is 378 g/mol. The van der Waals surface area contributed by atoms with Crippen molar-refractivity contribution < 1.29 is 17.4 Å². The summed E-state index contributed by atoms with van der Waals surface area (Å²) in [5.74, 6) is -0.114. The Labute approximate surface area is 143 Å². The molecule has 0 radical (unpaired) electrons. The summed E-state index contributed by atoms with van der Waals surface area (Å²) in [5.41, 5.74) is 0.398. The number of amides is 1. The van der Waals surface area contributed by atoms with Crippen LogP contribution in [-0.2, 0) is 14.9 Å². The molecular weight excluding hydrogens is 366 g/mol. The van der Waals surface area contributed by atoms with Crippen LogP contribution in [0.1, 0.15) is 12.5 Å². The van der Waals surface area contributed by atoms with E-state index in [1.54, 1.807) is 0 Å². The maximum absolute atomic E-state index is 12.2. The molecule has 5 nitrogen and oxygen atoms in total. The van der Waals surface area contributed by atoms with Gasteiger partial charge in [0.2, 0.25) is 0 Å². The number of nitrogens with zero attached hydrogens (tertiary/aromatic N) is 1. The van der Waals surface area contributed by atoms with Gasteiger partial charge in [-0.3, -0.25) is 9.69 Å². The number of benzene rings is 1. The standard InChI is InChI=1S/C13H12ClNO4S3/c1-3-15-12(16)11(21-13(15)20)7-8-6-9(14)4-5-10(8)19-22(2,17)18/h4-7H,3H2,1-2H3/b11-7-. The molecular formula is C13H12ClNO4S3. The Morgan fingerprint density at radius 3 is 2.68 bits per heavy atom. The number of likely N-dealkylation sites (N-methyl/N-ethyl adjacent to an activating group) is 1. The molecule has 0 unspecified atom stereocenters. The van der Waals surface area contributed by atoms with Crippen LogP contribution in [0.25, 0.3) is 6.08 Å². The van der Waals surface area contributed by atoms with Crippen LogP contribution in [0.5, 0.6) is 5.75 Å². The summed E-state index contributed by atoms with van der Waals surface area (Å²) in [6, 6.07) is 4.48. The molecule has 1 saturated heterocycles. The van der Waals surface area contributed by atoms with Gasteiger partial charge in [-0.1, -0.05) is 35.6 Å². The van der Waals surface area contributed by atoms with Crippen LogP contribution >= 0.6 is 35.6 Å². The van der Waals surface area contributed by atoms with Crippen LogP contribution in [0.3, 0.4) is 0 Å². The van der Waals surface area contributed by atoms with Crippen LogP contribution in [0.4, 0.5) is 0 Å². The molecule has 1 fully saturated rings. The number of halogens is 1. The van der Waals surface area contributed by atoms with Crippen molar-refractivity contribution in [3.05, 3.63) is 33.7 Å². The molecule has 1 aliphatic rings. The molecule has 0 atom stereocenters. The maximum atomic E-state index is 12.2. The van der Waals surface area contributed by atoms with Gasteiger partial charge < -0.3 is 4.18 Å². The summed E-state index contributed by atoms with van der Waals surface area (Å²) >= 11 is 12.2. The van der Waals surface area contributed by atoms with Gasteiger partial charge >= 0.3 is 10.1 Å². The summed E-state index contributed by atoms with van der Waals surface area (Å²) < 4.78 is 28.0. The summed E-state index contributed by atoms with van der Waals surface area (Å²) in [4.78, 5) is 14.1. The minimum Gasteiger partial charge on any atom is -0.382 e. The Bertz CT molecular complexity index is 773. The molecule has 9 heteroatoms. The van der Waals surface area contributed by atoms with Gasteiger partial charge in [0.15, 0.2) is 0 Å². The van der Waals surface area contributed by atoms with Gasteiger partial charge in [0.1, 0.15) is 10.1 Å². The van der Waals surface area contributed by atoms with Crippen molar-refractivity contribution in [2.45, 2.75) is 6.92 Å². The predicted molar refractivity (Wildman–Crippen MR) is 92.5 cm³/mol. The fourth-order valence-corrected chi connectivity index (χ4v) is 3.82. The van der Waals surface area contributed by atoms with E-state index in [1.165, 1.54) is 29.2 Å². The molecule has 1 heterocycles. The van der Waals surface area contributed by atoms with Gasteiger partial charge in [0.25, 0.3) is 5.91 Å². The number of hydrogen-bond donors (Lipinski definition) is 0. The molecule has 2 rings (SSSR count). The monoisotopic (exact) mass is 377 g/mol. The number of rotatable bonds is 4. The first kappa shape index (κ1) is 17.3. The highest BCUT2D eigenvalue weighted by Gasteiger charge is 2.30. The molecule has 0 saturated carbocycles. The lowest BCUT2D eigenvalue weighted by Gasteiger charge is -2.10. The van der Waals surface area contributed by atoms with E-state index in [9.17, 15) is 13.2 Å². The Kier molecular flexibility index (Phi) is 5.16. The first-order chi connectivity index (χ1) is 10.2. The molecule has 0 spiro atoms. The lowest BCUT2D eigenvalue weighted by atomic mass is 10.2. The first-order valence-corrected chi connectivity index (χ1v) is 9.57. The van der Waals surface area contributed by atoms with Crippen molar-refractivity contribution in [3.63, 3.8) is 0 Å². The third-order valence-corrected chi connectivity index (χ3v) is 4.78. The summed E-state index contributed by atoms with van der Waals surface area (Å²) in [6.45, 7) is 2.30. The second kappa shape index (κ2) is 6.57. The van der Waals surface area contributed by atoms with Gasteiger partial charge in [0.05, 0.1) is 11.2 Å². The fourth-order valence-electron chi connectivity index (χ4n) is 1.78. The van der Waals surface area contributed by atoms with Gasteiger partial charge in [-0.05, 0) is 31.2 Å². The van der Waals surface area contributed by atoms with Crippen molar-refractivity contribution in [2.75, 3.05) is 12.8 Å². The highest BCUT2D eigenvalue weighted by molar-refractivity contribution is 8.26. The molecule has 1 aromatic carbocycles. The third-order valence-electron chi connectivity index (χ3n) is 2.69. The second-order valence-electron chi connectivity index (χ2n) is 4.40. The number of hydrogen-bond acceptors (Lipinski definition) is 6. The SMILES string of the molecule is CCN1C(=O)/C(=C/c2cc(Cl)ccc2OS(C)(=O)=O)SC1=S. The van der Waals surface area contributed by atoms with Gasteiger partial charge in [-0.25, -0.2) is 0 Å². The topological polar surface area (TPSA) is 63.7 Å². The molecule has 118 valence electrons. The van der Waals surface area contributed by atoms with Crippen molar-refractivity contribution in [1.29, 1.82) is 0 Å². The molecule has 0 bridgehead atoms. The maximum Gasteiger partial charge on any atom is 0.306 e. The zero-order valence-electron chi connectivity index (χ0n) is 11.7. The van der Waals surface area contributed by atoms with Gasteiger partial charge in [-0.2, -0.15) is 8.42 Å². The normalized spacial score (nSPS) is 17.4. The Balaban J connectivity index is 2.45. The fraction of sp³-hybridized carbons (Fsp3) is 0.231. The van der Waals surface area contributed by atoms with E-state index in [-0.39, 0.29) is 11.7 Å². The second-order valence-corrected chi connectivity index (χ2v) is 8.08. The van der Waals surface area contributed by atoms with Crippen LogP contribution in [0.2, 0.25) is 5.02 Å². The number of carbonyl (C=O) groups is 1. The lowest BCUT2D eigenvalue weighted by molar-refractivity contribution is -0.121. The Hall–Kier alpha value is -1.09. The third kappa shape index (κ3) is 4.01. The van der Waals surface area contributed by atoms with Gasteiger partial charge in [0, 0.05) is 17.1 Å². The highest BCUT2D eigenvalue weighted by Crippen LogP contribution is 2.35. The largest absolute Gasteiger partial charge is 0.382 e. The van der Waals surface area contributed by atoms with Crippen molar-refractivity contribution in [3.8, 4) is 5.75 Å². The predicted octanol–water partition coefficient (Wildman–Crippen LogP) is 2.90. The van der Waals surface area contributed by atoms with E-state index in [4.69, 9.17) is 28.0 Å². The summed E-state index contributed by atoms with van der Waals surface area (Å²) in [6.07, 6.45) is 2.48. The number of thiocarbonyl (C=S) groups is 1. The zero-order chi connectivity index (χ0) is 16.5. The van der Waals surface area contributed by atoms with E-state index < -0.39 is 10.1 Å². The van der Waals surface area contributed by atoms with E-state index in [2.05, 4.69) is 0 Å². The van der Waals surface area contributed by atoms with Gasteiger partial charge in [-0.15, -0.1) is 0 Å². The average Bonchev–Trinajstić information content (AvgIpc) is 2.66. The number of carbonyl (C=O) groups excluding carboxylic acids is 1. The molecule has 1 aliphatic heterocycles. The molecule has 1 amide bonds. The molecule has 22 heavy (non-hydrogen) atoms. The van der Waals surface area contributed by atoms with Crippen LogP contribution in [0.15, 0.2) is 23.1 Å². The molecule has 0 aromatic heterocycles. The van der Waals surface area contributed by atoms with Crippen molar-refractivity contribution >= 4 is 62.0 Å². The minimum atomic E-state index is -3.69. The molecule has 1 aromatic rings. The minimum absolute atomic E-state index is 0.105. The zero-order valence-corrected chi connectivity index (χ0v) is 14.9. The highest BCUT2D eigenvalue weighted by atomic mass is 35.5.